The first kappa shape index (κ1) is 15.8. The van der Waals surface area contributed by atoms with Gasteiger partial charge in [-0.3, -0.25) is 10.1 Å². The Morgan fingerprint density at radius 1 is 1.27 bits per heavy atom. The van der Waals surface area contributed by atoms with Crippen LogP contribution in [0.15, 0.2) is 24.3 Å². The number of carboxylic acid groups (broad SMARTS) is 1. The second kappa shape index (κ2) is 5.38. The highest BCUT2D eigenvalue weighted by Crippen LogP contribution is 2.53. The topological polar surface area (TPSA) is 128 Å². The van der Waals surface area contributed by atoms with E-state index in [2.05, 4.69) is 0 Å². The lowest BCUT2D eigenvalue weighted by Gasteiger charge is -2.14. The highest BCUT2D eigenvalue weighted by atomic mass is 16.7. The fraction of sp³-hybridized carbons (Fsp3) is 0.118. The molecule has 1 aliphatic rings. The maximum absolute atomic E-state index is 11.7. The quantitative estimate of drug-likeness (QED) is 0.416. The Labute approximate surface area is 145 Å². The van der Waals surface area contributed by atoms with Crippen LogP contribution in [0.1, 0.15) is 10.4 Å². The number of nitro benzene ring substituents is 1. The number of ether oxygens (including phenoxy) is 3. The molecular formula is C17H11NO8. The smallest absolute Gasteiger partial charge is 0.336 e. The number of methoxy groups -OCH3 is 1. The van der Waals surface area contributed by atoms with Gasteiger partial charge in [-0.25, -0.2) is 4.79 Å². The second-order valence-corrected chi connectivity index (χ2v) is 5.55. The van der Waals surface area contributed by atoms with Gasteiger partial charge in [0.25, 0.3) is 0 Å². The van der Waals surface area contributed by atoms with Crippen LogP contribution in [0.2, 0.25) is 0 Å². The Hall–Kier alpha value is -3.75. The van der Waals surface area contributed by atoms with Gasteiger partial charge in [0.05, 0.1) is 28.4 Å². The van der Waals surface area contributed by atoms with Gasteiger partial charge < -0.3 is 24.4 Å². The third-order valence-electron chi connectivity index (χ3n) is 4.29. The zero-order chi connectivity index (χ0) is 18.6. The van der Waals surface area contributed by atoms with Crippen molar-refractivity contribution in [1.29, 1.82) is 0 Å². The van der Waals surface area contributed by atoms with Crippen molar-refractivity contribution in [2.45, 2.75) is 0 Å². The van der Waals surface area contributed by atoms with E-state index in [1.165, 1.54) is 13.2 Å². The minimum Gasteiger partial charge on any atom is -0.502 e. The molecule has 0 saturated carbocycles. The lowest BCUT2D eigenvalue weighted by Crippen LogP contribution is -2.02. The first-order valence-corrected chi connectivity index (χ1v) is 7.41. The number of aromatic hydroxyl groups is 1. The summed E-state index contributed by atoms with van der Waals surface area (Å²) in [6.45, 7) is -0.145. The SMILES string of the molecule is COc1cccc2c1c(O)c([N+](=O)[O-])c1c(C(=O)O)cc3c(c12)OCO3. The van der Waals surface area contributed by atoms with Crippen LogP contribution >= 0.6 is 0 Å². The largest absolute Gasteiger partial charge is 0.502 e. The molecule has 0 saturated heterocycles. The molecular weight excluding hydrogens is 346 g/mol. The van der Waals surface area contributed by atoms with Crippen LogP contribution in [0, 0.1) is 10.1 Å². The molecule has 4 rings (SSSR count). The molecule has 0 atom stereocenters. The van der Waals surface area contributed by atoms with Gasteiger partial charge in [0.15, 0.2) is 11.5 Å². The summed E-state index contributed by atoms with van der Waals surface area (Å²) >= 11 is 0. The predicted molar refractivity (Wildman–Crippen MR) is 89.4 cm³/mol. The molecule has 0 amide bonds. The first-order valence-electron chi connectivity index (χ1n) is 7.41. The predicted octanol–water partition coefficient (Wildman–Crippen LogP) is 3.04. The molecule has 1 aliphatic heterocycles. The Kier molecular flexibility index (Phi) is 3.26. The maximum atomic E-state index is 11.7. The summed E-state index contributed by atoms with van der Waals surface area (Å²) in [5.74, 6) is -1.50. The molecule has 0 aromatic heterocycles. The molecule has 0 unspecified atom stereocenters. The second-order valence-electron chi connectivity index (χ2n) is 5.55. The molecule has 132 valence electrons. The van der Waals surface area contributed by atoms with Crippen molar-refractivity contribution in [2.24, 2.45) is 0 Å². The van der Waals surface area contributed by atoms with E-state index in [1.54, 1.807) is 12.1 Å². The zero-order valence-electron chi connectivity index (χ0n) is 13.3. The third-order valence-corrected chi connectivity index (χ3v) is 4.29. The van der Waals surface area contributed by atoms with E-state index in [0.29, 0.717) is 5.39 Å². The van der Waals surface area contributed by atoms with Crippen LogP contribution < -0.4 is 14.2 Å². The van der Waals surface area contributed by atoms with E-state index >= 15 is 0 Å². The van der Waals surface area contributed by atoms with Crippen molar-refractivity contribution in [1.82, 2.24) is 0 Å². The molecule has 9 nitrogen and oxygen atoms in total. The van der Waals surface area contributed by atoms with E-state index in [1.807, 2.05) is 0 Å². The summed E-state index contributed by atoms with van der Waals surface area (Å²) < 4.78 is 15.9. The number of nitro groups is 1. The molecule has 9 heteroatoms. The van der Waals surface area contributed by atoms with Crippen LogP contribution in [-0.2, 0) is 0 Å². The van der Waals surface area contributed by atoms with Crippen LogP contribution in [0.4, 0.5) is 5.69 Å². The molecule has 0 fully saturated rings. The number of carbonyl (C=O) groups is 1. The third kappa shape index (κ3) is 1.94. The van der Waals surface area contributed by atoms with Crippen molar-refractivity contribution in [3.8, 4) is 23.0 Å². The minimum atomic E-state index is -1.39. The minimum absolute atomic E-state index is 0.0921. The van der Waals surface area contributed by atoms with E-state index in [-0.39, 0.29) is 45.8 Å². The van der Waals surface area contributed by atoms with E-state index < -0.39 is 22.3 Å². The Bertz CT molecular complexity index is 1120. The van der Waals surface area contributed by atoms with Crippen molar-refractivity contribution in [3.63, 3.8) is 0 Å². The fourth-order valence-electron chi connectivity index (χ4n) is 3.28. The van der Waals surface area contributed by atoms with Gasteiger partial charge in [-0.2, -0.15) is 0 Å². The summed E-state index contributed by atoms with van der Waals surface area (Å²) in [6.07, 6.45) is 0. The van der Waals surface area contributed by atoms with Crippen molar-refractivity contribution < 1.29 is 34.1 Å². The number of hydrogen-bond acceptors (Lipinski definition) is 7. The number of benzene rings is 3. The van der Waals surface area contributed by atoms with Gasteiger partial charge in [-0.1, -0.05) is 12.1 Å². The monoisotopic (exact) mass is 357 g/mol. The lowest BCUT2D eigenvalue weighted by atomic mass is 9.94. The summed E-state index contributed by atoms with van der Waals surface area (Å²) in [5, 5.41) is 32.2. The molecule has 26 heavy (non-hydrogen) atoms. The van der Waals surface area contributed by atoms with Gasteiger partial charge >= 0.3 is 11.7 Å². The highest BCUT2D eigenvalue weighted by Gasteiger charge is 2.33. The number of phenolic OH excluding ortho intramolecular Hbond substituents is 1. The van der Waals surface area contributed by atoms with Crippen molar-refractivity contribution in [3.05, 3.63) is 39.9 Å². The maximum Gasteiger partial charge on any atom is 0.336 e. The molecule has 1 heterocycles. The van der Waals surface area contributed by atoms with Crippen LogP contribution in [0.3, 0.4) is 0 Å². The van der Waals surface area contributed by atoms with E-state index in [0.717, 1.165) is 6.07 Å². The number of hydrogen-bond donors (Lipinski definition) is 2. The summed E-state index contributed by atoms with van der Waals surface area (Å²) in [4.78, 5) is 22.6. The molecule has 0 radical (unpaired) electrons. The molecule has 0 bridgehead atoms. The highest BCUT2D eigenvalue weighted by molar-refractivity contribution is 6.24. The Balaban J connectivity index is 2.39. The Morgan fingerprint density at radius 2 is 2.04 bits per heavy atom. The van der Waals surface area contributed by atoms with Crippen molar-refractivity contribution >= 4 is 33.2 Å². The van der Waals surface area contributed by atoms with Gasteiger partial charge in [-0.05, 0) is 12.1 Å². The van der Waals surface area contributed by atoms with Crippen LogP contribution in [-0.4, -0.2) is 35.0 Å². The molecule has 3 aromatic rings. The van der Waals surface area contributed by atoms with Crippen LogP contribution in [0.5, 0.6) is 23.0 Å². The molecule has 2 N–H and O–H groups in total. The summed E-state index contributed by atoms with van der Waals surface area (Å²) in [6, 6.07) is 5.92. The number of fused-ring (bicyclic) bond motifs is 5. The van der Waals surface area contributed by atoms with Crippen LogP contribution in [0.25, 0.3) is 21.5 Å². The van der Waals surface area contributed by atoms with E-state index in [9.17, 15) is 25.1 Å². The standard InChI is InChI=1S/C17H11NO8/c1-24-9-4-2-3-7-11(9)15(19)14(18(22)23)12-8(17(20)21)5-10-16(13(7)12)26-6-25-10/h2-5,19H,6H2,1H3,(H,20,21). The fourth-order valence-corrected chi connectivity index (χ4v) is 3.28. The van der Waals surface area contributed by atoms with Gasteiger partial charge in [0.2, 0.25) is 12.5 Å². The molecule has 0 spiro atoms. The number of nitrogens with zero attached hydrogens (tertiary/aromatic N) is 1. The normalized spacial score (nSPS) is 12.5. The summed E-state index contributed by atoms with van der Waals surface area (Å²) in [7, 11) is 1.36. The molecule has 3 aromatic carbocycles. The van der Waals surface area contributed by atoms with Gasteiger partial charge in [-0.15, -0.1) is 0 Å². The first-order chi connectivity index (χ1) is 12.5. The van der Waals surface area contributed by atoms with E-state index in [4.69, 9.17) is 14.2 Å². The average molecular weight is 357 g/mol. The van der Waals surface area contributed by atoms with Gasteiger partial charge in [0, 0.05) is 10.8 Å². The summed E-state index contributed by atoms with van der Waals surface area (Å²) in [5.41, 5.74) is -1.09. The number of phenols is 1. The Morgan fingerprint density at radius 3 is 2.69 bits per heavy atom. The zero-order valence-corrected chi connectivity index (χ0v) is 13.3. The number of carboxylic acids is 1. The number of aromatic carboxylic acids is 1. The lowest BCUT2D eigenvalue weighted by molar-refractivity contribution is -0.383. The van der Waals surface area contributed by atoms with Crippen molar-refractivity contribution in [2.75, 3.05) is 13.9 Å². The molecule has 0 aliphatic carbocycles. The number of rotatable bonds is 3. The average Bonchev–Trinajstić information content (AvgIpc) is 3.08. The van der Waals surface area contributed by atoms with Gasteiger partial charge in [0.1, 0.15) is 5.75 Å².